The van der Waals surface area contributed by atoms with Gasteiger partial charge in [0, 0.05) is 16.2 Å². The van der Waals surface area contributed by atoms with E-state index in [0.29, 0.717) is 10.7 Å². The van der Waals surface area contributed by atoms with E-state index < -0.39 is 0 Å². The van der Waals surface area contributed by atoms with Gasteiger partial charge in [-0.15, -0.1) is 16.9 Å². The van der Waals surface area contributed by atoms with Crippen molar-refractivity contribution in [3.63, 3.8) is 0 Å². The first-order valence-corrected chi connectivity index (χ1v) is 10.9. The predicted molar refractivity (Wildman–Crippen MR) is 122 cm³/mol. The van der Waals surface area contributed by atoms with E-state index in [-0.39, 0.29) is 5.75 Å². The van der Waals surface area contributed by atoms with Crippen LogP contribution in [-0.2, 0) is 5.75 Å². The molecule has 0 aliphatic carbocycles. The quantitative estimate of drug-likeness (QED) is 0.250. The maximum atomic E-state index is 10.3. The first-order chi connectivity index (χ1) is 13.7. The van der Waals surface area contributed by atoms with Crippen LogP contribution in [0.4, 0.5) is 0 Å². The van der Waals surface area contributed by atoms with Crippen LogP contribution in [0.1, 0.15) is 11.1 Å². The van der Waals surface area contributed by atoms with Gasteiger partial charge in [-0.1, -0.05) is 60.3 Å². The van der Waals surface area contributed by atoms with Crippen LogP contribution in [0.15, 0.2) is 87.9 Å². The number of hydrogen-bond acceptors (Lipinski definition) is 5. The second kappa shape index (κ2) is 10.0. The minimum absolute atomic E-state index is 0.154. The molecule has 0 aliphatic heterocycles. The Bertz CT molecular complexity index is 971. The van der Waals surface area contributed by atoms with Crippen molar-refractivity contribution in [2.24, 2.45) is 15.9 Å². The molecule has 0 radical (unpaired) electrons. The van der Waals surface area contributed by atoms with Gasteiger partial charge in [0.05, 0.1) is 6.21 Å². The zero-order chi connectivity index (χ0) is 19.8. The molecule has 0 aromatic heterocycles. The van der Waals surface area contributed by atoms with Gasteiger partial charge in [-0.3, -0.25) is 0 Å². The monoisotopic (exact) mass is 407 g/mol. The summed E-state index contributed by atoms with van der Waals surface area (Å²) >= 11 is 3.12. The highest BCUT2D eigenvalue weighted by atomic mass is 32.2. The third kappa shape index (κ3) is 5.65. The maximum absolute atomic E-state index is 10.3. The van der Waals surface area contributed by atoms with E-state index in [4.69, 9.17) is 5.73 Å². The van der Waals surface area contributed by atoms with Crippen molar-refractivity contribution in [3.05, 3.63) is 83.9 Å². The van der Waals surface area contributed by atoms with Crippen LogP contribution < -0.4 is 5.73 Å². The van der Waals surface area contributed by atoms with E-state index in [9.17, 15) is 5.11 Å². The highest BCUT2D eigenvalue weighted by Crippen LogP contribution is 2.27. The summed E-state index contributed by atoms with van der Waals surface area (Å²) in [5.74, 6) is 0.891. The van der Waals surface area contributed by atoms with Crippen LogP contribution in [0.5, 0.6) is 5.75 Å². The Labute approximate surface area is 173 Å². The molecule has 0 atom stereocenters. The standard InChI is InChI=1S/C22H21N3OS2/c1-27-20-11-9-17(10-12-20)18-7-8-19(21(26)13-18)14-24-25-22(23)28-15-16-5-3-2-4-6-16/h2-14,26H,15H2,1H3,(H2,23,25). The van der Waals surface area contributed by atoms with Crippen LogP contribution in [-0.4, -0.2) is 22.7 Å². The molecule has 142 valence electrons. The highest BCUT2D eigenvalue weighted by Gasteiger charge is 2.03. The van der Waals surface area contributed by atoms with Crippen LogP contribution in [0, 0.1) is 0 Å². The van der Waals surface area contributed by atoms with Crippen molar-refractivity contribution in [1.29, 1.82) is 0 Å². The SMILES string of the molecule is CSc1ccc(-c2ccc(C=NN=C(N)SCc3ccccc3)c(O)c2)cc1. The predicted octanol–water partition coefficient (Wildman–Crippen LogP) is 5.36. The van der Waals surface area contributed by atoms with Crippen LogP contribution in [0.3, 0.4) is 0 Å². The Morgan fingerprint density at radius 1 is 1.00 bits per heavy atom. The molecule has 0 spiro atoms. The molecule has 0 amide bonds. The largest absolute Gasteiger partial charge is 0.507 e. The van der Waals surface area contributed by atoms with Gasteiger partial charge in [0.1, 0.15) is 5.75 Å². The smallest absolute Gasteiger partial charge is 0.180 e. The van der Waals surface area contributed by atoms with Crippen molar-refractivity contribution in [1.82, 2.24) is 0 Å². The number of rotatable bonds is 6. The molecule has 3 aromatic carbocycles. The minimum atomic E-state index is 0.154. The average molecular weight is 408 g/mol. The first kappa shape index (κ1) is 20.0. The summed E-state index contributed by atoms with van der Waals surface area (Å²) in [6.45, 7) is 0. The second-order valence-corrected chi connectivity index (χ2v) is 7.83. The number of benzene rings is 3. The summed E-state index contributed by atoms with van der Waals surface area (Å²) < 4.78 is 0. The van der Waals surface area contributed by atoms with Crippen molar-refractivity contribution in [2.75, 3.05) is 6.26 Å². The number of nitrogens with two attached hydrogens (primary N) is 1. The lowest BCUT2D eigenvalue weighted by Crippen LogP contribution is -2.06. The maximum Gasteiger partial charge on any atom is 0.180 e. The van der Waals surface area contributed by atoms with Gasteiger partial charge in [0.25, 0.3) is 0 Å². The van der Waals surface area contributed by atoms with E-state index in [1.54, 1.807) is 17.8 Å². The number of thioether (sulfide) groups is 2. The molecule has 0 unspecified atom stereocenters. The van der Waals surface area contributed by atoms with E-state index in [0.717, 1.165) is 16.9 Å². The molecule has 0 fully saturated rings. The number of nitrogens with zero attached hydrogens (tertiary/aromatic N) is 2. The van der Waals surface area contributed by atoms with Gasteiger partial charge in [0.2, 0.25) is 0 Å². The van der Waals surface area contributed by atoms with Gasteiger partial charge in [-0.05, 0) is 47.2 Å². The number of phenolic OH excluding ortho intramolecular Hbond substituents is 1. The molecule has 4 nitrogen and oxygen atoms in total. The summed E-state index contributed by atoms with van der Waals surface area (Å²) in [4.78, 5) is 1.21. The molecule has 6 heteroatoms. The van der Waals surface area contributed by atoms with Gasteiger partial charge in [-0.25, -0.2) is 0 Å². The first-order valence-electron chi connectivity index (χ1n) is 8.66. The summed E-state index contributed by atoms with van der Waals surface area (Å²) in [7, 11) is 0. The topological polar surface area (TPSA) is 71.0 Å². The third-order valence-electron chi connectivity index (χ3n) is 4.04. The summed E-state index contributed by atoms with van der Waals surface area (Å²) in [6.07, 6.45) is 3.55. The average Bonchev–Trinajstić information content (AvgIpc) is 2.74. The number of phenols is 1. The molecular weight excluding hydrogens is 386 g/mol. The summed E-state index contributed by atoms with van der Waals surface area (Å²) in [5, 5.41) is 18.7. The molecule has 0 aliphatic rings. The van der Waals surface area contributed by atoms with Crippen LogP contribution >= 0.6 is 23.5 Å². The Hall–Kier alpha value is -2.70. The van der Waals surface area contributed by atoms with E-state index in [2.05, 4.69) is 22.3 Å². The summed E-state index contributed by atoms with van der Waals surface area (Å²) in [6, 6.07) is 23.8. The molecule has 3 rings (SSSR count). The molecular formula is C22H21N3OS2. The van der Waals surface area contributed by atoms with E-state index >= 15 is 0 Å². The van der Waals surface area contributed by atoms with Crippen molar-refractivity contribution >= 4 is 34.9 Å². The van der Waals surface area contributed by atoms with Gasteiger partial charge >= 0.3 is 0 Å². The molecule has 28 heavy (non-hydrogen) atoms. The van der Waals surface area contributed by atoms with Crippen molar-refractivity contribution in [3.8, 4) is 16.9 Å². The zero-order valence-electron chi connectivity index (χ0n) is 15.4. The Morgan fingerprint density at radius 2 is 1.71 bits per heavy atom. The zero-order valence-corrected chi connectivity index (χ0v) is 17.1. The molecule has 3 aromatic rings. The van der Waals surface area contributed by atoms with Gasteiger partial charge in [0.15, 0.2) is 5.17 Å². The lowest BCUT2D eigenvalue weighted by molar-refractivity contribution is 0.474. The van der Waals surface area contributed by atoms with Crippen LogP contribution in [0.25, 0.3) is 11.1 Å². The second-order valence-electron chi connectivity index (χ2n) is 5.96. The normalized spacial score (nSPS) is 11.8. The fraction of sp³-hybridized carbons (Fsp3) is 0.0909. The molecule has 0 bridgehead atoms. The highest BCUT2D eigenvalue weighted by molar-refractivity contribution is 8.13. The lowest BCUT2D eigenvalue weighted by Gasteiger charge is -2.05. The number of aromatic hydroxyl groups is 1. The minimum Gasteiger partial charge on any atom is -0.507 e. The van der Waals surface area contributed by atoms with Crippen molar-refractivity contribution < 1.29 is 5.11 Å². The number of amidine groups is 1. The summed E-state index contributed by atoms with van der Waals surface area (Å²) in [5.41, 5.74) is 9.65. The molecule has 3 N–H and O–H groups in total. The number of hydrogen-bond donors (Lipinski definition) is 2. The van der Waals surface area contributed by atoms with Gasteiger partial charge < -0.3 is 10.8 Å². The molecule has 0 saturated heterocycles. The van der Waals surface area contributed by atoms with Crippen molar-refractivity contribution in [2.45, 2.75) is 10.6 Å². The Balaban J connectivity index is 1.63. The third-order valence-corrected chi connectivity index (χ3v) is 5.64. The molecule has 0 saturated carbocycles. The lowest BCUT2D eigenvalue weighted by atomic mass is 10.0. The fourth-order valence-electron chi connectivity index (χ4n) is 2.52. The fourth-order valence-corrected chi connectivity index (χ4v) is 3.54. The van der Waals surface area contributed by atoms with E-state index in [1.807, 2.05) is 60.9 Å². The van der Waals surface area contributed by atoms with Crippen LogP contribution in [0.2, 0.25) is 0 Å². The van der Waals surface area contributed by atoms with E-state index in [1.165, 1.54) is 28.4 Å². The Kier molecular flexibility index (Phi) is 7.17. The molecule has 0 heterocycles. The Morgan fingerprint density at radius 3 is 2.39 bits per heavy atom. The van der Waals surface area contributed by atoms with Gasteiger partial charge in [-0.2, -0.15) is 5.10 Å².